The summed E-state index contributed by atoms with van der Waals surface area (Å²) in [5.74, 6) is 0.747. The Morgan fingerprint density at radius 3 is 2.11 bits per heavy atom. The largest absolute Gasteiger partial charge is 0.489 e. The second-order valence-corrected chi connectivity index (χ2v) is 6.97. The minimum atomic E-state index is -0.358. The van der Waals surface area contributed by atoms with Crippen LogP contribution in [0.2, 0.25) is 0 Å². The monoisotopic (exact) mass is 388 g/mol. The molecule has 1 fully saturated rings. The number of benzene rings is 3. The van der Waals surface area contributed by atoms with Crippen LogP contribution in [0.1, 0.15) is 12.5 Å². The number of anilines is 2. The number of hydrogen-bond acceptors (Lipinski definition) is 3. The highest BCUT2D eigenvalue weighted by atomic mass is 32.1. The van der Waals surface area contributed by atoms with E-state index in [0.717, 1.165) is 22.7 Å². The third-order valence-corrected chi connectivity index (χ3v) is 5.12. The van der Waals surface area contributed by atoms with E-state index in [1.165, 1.54) is 0 Å². The number of nitrogens with zero attached hydrogens (tertiary/aromatic N) is 2. The molecule has 4 nitrogen and oxygen atoms in total. The fourth-order valence-corrected chi connectivity index (χ4v) is 3.72. The standard InChI is InChI=1S/C23H20N2O2S/c1-17-22(26)25(19-10-6-3-7-11-19)23(28)24(17)20-12-14-21(15-13-20)27-16-18-8-4-2-5-9-18/h2-15,17H,16H2,1H3. The van der Waals surface area contributed by atoms with Gasteiger partial charge >= 0.3 is 0 Å². The van der Waals surface area contributed by atoms with Crippen LogP contribution in [-0.2, 0) is 11.4 Å². The number of ether oxygens (including phenoxy) is 1. The number of thiocarbonyl (C=S) groups is 1. The van der Waals surface area contributed by atoms with Crippen molar-refractivity contribution in [1.29, 1.82) is 0 Å². The maximum atomic E-state index is 12.8. The highest BCUT2D eigenvalue weighted by Gasteiger charge is 2.41. The fourth-order valence-electron chi connectivity index (χ4n) is 3.26. The molecule has 1 aliphatic heterocycles. The first-order valence-electron chi connectivity index (χ1n) is 9.14. The summed E-state index contributed by atoms with van der Waals surface area (Å²) in [4.78, 5) is 16.3. The third kappa shape index (κ3) is 3.49. The molecule has 3 aromatic carbocycles. The third-order valence-electron chi connectivity index (χ3n) is 4.74. The van der Waals surface area contributed by atoms with Gasteiger partial charge in [-0.25, -0.2) is 0 Å². The zero-order chi connectivity index (χ0) is 19.5. The molecule has 1 heterocycles. The van der Waals surface area contributed by atoms with Gasteiger partial charge in [0, 0.05) is 5.69 Å². The smallest absolute Gasteiger partial charge is 0.256 e. The van der Waals surface area contributed by atoms with Crippen LogP contribution in [0.15, 0.2) is 84.9 Å². The molecule has 3 aromatic rings. The van der Waals surface area contributed by atoms with E-state index in [4.69, 9.17) is 17.0 Å². The first kappa shape index (κ1) is 18.2. The second kappa shape index (κ2) is 7.82. The van der Waals surface area contributed by atoms with Gasteiger partial charge in [-0.2, -0.15) is 0 Å². The van der Waals surface area contributed by atoms with Crippen molar-refractivity contribution in [3.63, 3.8) is 0 Å². The first-order valence-corrected chi connectivity index (χ1v) is 9.55. The van der Waals surface area contributed by atoms with Crippen LogP contribution in [-0.4, -0.2) is 17.1 Å². The SMILES string of the molecule is CC1C(=O)N(c2ccccc2)C(=S)N1c1ccc(OCc2ccccc2)cc1. The summed E-state index contributed by atoms with van der Waals surface area (Å²) in [5.41, 5.74) is 2.77. The highest BCUT2D eigenvalue weighted by Crippen LogP contribution is 2.31. The number of para-hydroxylation sites is 1. The Kier molecular flexibility index (Phi) is 5.08. The van der Waals surface area contributed by atoms with E-state index in [-0.39, 0.29) is 11.9 Å². The van der Waals surface area contributed by atoms with Crippen molar-refractivity contribution < 1.29 is 9.53 Å². The Labute approximate surface area is 170 Å². The second-order valence-electron chi connectivity index (χ2n) is 6.61. The van der Waals surface area contributed by atoms with Crippen molar-refractivity contribution in [1.82, 2.24) is 0 Å². The molecule has 1 saturated heterocycles. The van der Waals surface area contributed by atoms with Gasteiger partial charge in [-0.05, 0) is 61.1 Å². The van der Waals surface area contributed by atoms with Gasteiger partial charge in [-0.1, -0.05) is 48.5 Å². The lowest BCUT2D eigenvalue weighted by atomic mass is 10.2. The minimum Gasteiger partial charge on any atom is -0.489 e. The van der Waals surface area contributed by atoms with E-state index in [1.54, 1.807) is 4.90 Å². The van der Waals surface area contributed by atoms with E-state index in [2.05, 4.69) is 0 Å². The summed E-state index contributed by atoms with van der Waals surface area (Å²) in [5, 5.41) is 0.488. The number of hydrogen-bond donors (Lipinski definition) is 0. The molecule has 0 radical (unpaired) electrons. The van der Waals surface area contributed by atoms with Crippen LogP contribution in [0.4, 0.5) is 11.4 Å². The molecule has 1 unspecified atom stereocenters. The Balaban J connectivity index is 1.51. The molecule has 0 N–H and O–H groups in total. The topological polar surface area (TPSA) is 32.8 Å². The zero-order valence-corrected chi connectivity index (χ0v) is 16.3. The first-order chi connectivity index (χ1) is 13.6. The molecule has 0 bridgehead atoms. The Morgan fingerprint density at radius 2 is 1.46 bits per heavy atom. The minimum absolute atomic E-state index is 0.0272. The van der Waals surface area contributed by atoms with Crippen molar-refractivity contribution in [2.24, 2.45) is 0 Å². The van der Waals surface area contributed by atoms with Gasteiger partial charge in [0.2, 0.25) is 0 Å². The van der Waals surface area contributed by atoms with Crippen molar-refractivity contribution >= 4 is 34.6 Å². The van der Waals surface area contributed by atoms with Crippen molar-refractivity contribution in [3.8, 4) is 5.75 Å². The van der Waals surface area contributed by atoms with Gasteiger partial charge in [0.25, 0.3) is 5.91 Å². The predicted octanol–water partition coefficient (Wildman–Crippen LogP) is 4.79. The maximum absolute atomic E-state index is 12.8. The molecule has 0 aliphatic carbocycles. The summed E-state index contributed by atoms with van der Waals surface area (Å²) in [7, 11) is 0. The van der Waals surface area contributed by atoms with Gasteiger partial charge in [0.15, 0.2) is 5.11 Å². The Morgan fingerprint density at radius 1 is 0.857 bits per heavy atom. The van der Waals surface area contributed by atoms with E-state index in [9.17, 15) is 4.79 Å². The van der Waals surface area contributed by atoms with Gasteiger partial charge in [0.05, 0.1) is 5.69 Å². The number of carbonyl (C=O) groups excluding carboxylic acids is 1. The van der Waals surface area contributed by atoms with E-state index >= 15 is 0 Å². The van der Waals surface area contributed by atoms with Crippen LogP contribution >= 0.6 is 12.2 Å². The maximum Gasteiger partial charge on any atom is 0.256 e. The molecule has 0 spiro atoms. The summed E-state index contributed by atoms with van der Waals surface area (Å²) in [6.07, 6.45) is 0. The van der Waals surface area contributed by atoms with Crippen molar-refractivity contribution in [2.75, 3.05) is 9.80 Å². The average Bonchev–Trinajstić information content (AvgIpc) is 2.97. The summed E-state index contributed by atoms with van der Waals surface area (Å²) < 4.78 is 5.85. The average molecular weight is 388 g/mol. The lowest BCUT2D eigenvalue weighted by molar-refractivity contribution is -0.117. The predicted molar refractivity (Wildman–Crippen MR) is 116 cm³/mol. The normalized spacial score (nSPS) is 16.5. The molecular weight excluding hydrogens is 368 g/mol. The van der Waals surface area contributed by atoms with Crippen LogP contribution < -0.4 is 14.5 Å². The van der Waals surface area contributed by atoms with E-state index in [0.29, 0.717) is 11.7 Å². The molecular formula is C23H20N2O2S. The molecule has 0 saturated carbocycles. The molecule has 5 heteroatoms. The zero-order valence-electron chi connectivity index (χ0n) is 15.5. The van der Waals surface area contributed by atoms with E-state index < -0.39 is 0 Å². The van der Waals surface area contributed by atoms with Gasteiger partial charge in [-0.15, -0.1) is 0 Å². The molecule has 28 heavy (non-hydrogen) atoms. The number of carbonyl (C=O) groups is 1. The molecule has 1 atom stereocenters. The number of amides is 1. The summed E-state index contributed by atoms with van der Waals surface area (Å²) in [6, 6.07) is 26.9. The van der Waals surface area contributed by atoms with Crippen molar-refractivity contribution in [2.45, 2.75) is 19.6 Å². The van der Waals surface area contributed by atoms with Crippen LogP contribution in [0.25, 0.3) is 0 Å². The lowest BCUT2D eigenvalue weighted by Gasteiger charge is -2.22. The quantitative estimate of drug-likeness (QED) is 0.588. The van der Waals surface area contributed by atoms with E-state index in [1.807, 2.05) is 96.8 Å². The summed E-state index contributed by atoms with van der Waals surface area (Å²) >= 11 is 5.63. The molecule has 0 aromatic heterocycles. The molecule has 1 amide bonds. The Hall–Kier alpha value is -3.18. The van der Waals surface area contributed by atoms with Crippen molar-refractivity contribution in [3.05, 3.63) is 90.5 Å². The van der Waals surface area contributed by atoms with Crippen LogP contribution in [0, 0.1) is 0 Å². The van der Waals surface area contributed by atoms with Crippen LogP contribution in [0.5, 0.6) is 5.75 Å². The van der Waals surface area contributed by atoms with Gasteiger partial charge in [-0.3, -0.25) is 9.69 Å². The van der Waals surface area contributed by atoms with Gasteiger partial charge < -0.3 is 9.64 Å². The fraction of sp³-hybridized carbons (Fsp3) is 0.130. The van der Waals surface area contributed by atoms with Gasteiger partial charge in [0.1, 0.15) is 18.4 Å². The van der Waals surface area contributed by atoms with Crippen LogP contribution in [0.3, 0.4) is 0 Å². The lowest BCUT2D eigenvalue weighted by Crippen LogP contribution is -2.33. The highest BCUT2D eigenvalue weighted by molar-refractivity contribution is 7.81. The molecule has 4 rings (SSSR count). The summed E-state index contributed by atoms with van der Waals surface area (Å²) in [6.45, 7) is 2.39. The molecule has 1 aliphatic rings. The number of rotatable bonds is 5. The Bertz CT molecular complexity index is 975. The molecule has 140 valence electrons.